The molecule has 0 fully saturated rings. The van der Waals surface area contributed by atoms with Crippen LogP contribution in [0.4, 0.5) is 5.69 Å². The van der Waals surface area contributed by atoms with Gasteiger partial charge in [0.2, 0.25) is 5.91 Å². The van der Waals surface area contributed by atoms with E-state index in [1.165, 1.54) is 0 Å². The van der Waals surface area contributed by atoms with E-state index >= 15 is 0 Å². The summed E-state index contributed by atoms with van der Waals surface area (Å²) >= 11 is 3.30. The van der Waals surface area contributed by atoms with Crippen LogP contribution in [0, 0.1) is 0 Å². The number of hydrogen-bond acceptors (Lipinski definition) is 3. The number of hydrogen-bond donors (Lipinski definition) is 2. The van der Waals surface area contributed by atoms with Gasteiger partial charge in [-0.25, -0.2) is 0 Å². The molecule has 106 valence electrons. The maximum absolute atomic E-state index is 11.5. The first-order chi connectivity index (χ1) is 9.60. The second-order valence-corrected chi connectivity index (χ2v) is 5.30. The maximum Gasteiger partial charge on any atom is 0.224 e. The van der Waals surface area contributed by atoms with Gasteiger partial charge in [-0.1, -0.05) is 18.2 Å². The van der Waals surface area contributed by atoms with E-state index in [-0.39, 0.29) is 11.9 Å². The van der Waals surface area contributed by atoms with Crippen molar-refractivity contribution in [2.24, 2.45) is 0 Å². The lowest BCUT2D eigenvalue weighted by Gasteiger charge is -2.16. The van der Waals surface area contributed by atoms with E-state index in [2.05, 4.69) is 26.6 Å². The summed E-state index contributed by atoms with van der Waals surface area (Å²) < 4.78 is 6.24. The molecule has 1 heterocycles. The Balaban J connectivity index is 2.14. The van der Waals surface area contributed by atoms with Gasteiger partial charge in [0.15, 0.2) is 4.67 Å². The summed E-state index contributed by atoms with van der Waals surface area (Å²) in [6, 6.07) is 11.6. The largest absolute Gasteiger partial charge is 0.452 e. The maximum atomic E-state index is 11.5. The van der Waals surface area contributed by atoms with Gasteiger partial charge in [0.25, 0.3) is 0 Å². The first-order valence-electron chi connectivity index (χ1n) is 6.40. The van der Waals surface area contributed by atoms with Gasteiger partial charge in [0.1, 0.15) is 5.76 Å². The summed E-state index contributed by atoms with van der Waals surface area (Å²) in [4.78, 5) is 11.5. The first-order valence-corrected chi connectivity index (χ1v) is 7.19. The molecule has 0 radical (unpaired) electrons. The third-order valence-electron chi connectivity index (χ3n) is 3.04. The molecule has 1 aromatic heterocycles. The van der Waals surface area contributed by atoms with Crippen LogP contribution in [0.25, 0.3) is 0 Å². The monoisotopic (exact) mass is 336 g/mol. The van der Waals surface area contributed by atoms with E-state index in [0.717, 1.165) is 17.0 Å². The summed E-state index contributed by atoms with van der Waals surface area (Å²) in [5.74, 6) is 0.833. The van der Waals surface area contributed by atoms with Crippen molar-refractivity contribution in [2.45, 2.75) is 19.4 Å². The molecule has 0 bridgehead atoms. The number of carbonyl (C=O) groups is 1. The molecule has 0 saturated carbocycles. The van der Waals surface area contributed by atoms with Crippen LogP contribution >= 0.6 is 15.9 Å². The molecule has 0 spiro atoms. The number of furan rings is 1. The highest BCUT2D eigenvalue weighted by Gasteiger charge is 2.12. The Kier molecular flexibility index (Phi) is 4.84. The molecule has 2 aromatic rings. The highest BCUT2D eigenvalue weighted by molar-refractivity contribution is 9.10. The summed E-state index contributed by atoms with van der Waals surface area (Å²) in [5, 5.41) is 6.01. The fraction of sp³-hybridized carbons (Fsp3) is 0.267. The van der Waals surface area contributed by atoms with Gasteiger partial charge in [0, 0.05) is 12.7 Å². The van der Waals surface area contributed by atoms with Crippen LogP contribution in [0.2, 0.25) is 0 Å². The summed E-state index contributed by atoms with van der Waals surface area (Å²) in [6.07, 6.45) is 0.355. The number of para-hydroxylation sites is 1. The van der Waals surface area contributed by atoms with E-state index < -0.39 is 0 Å². The third-order valence-corrected chi connectivity index (χ3v) is 3.47. The fourth-order valence-electron chi connectivity index (χ4n) is 1.94. The van der Waals surface area contributed by atoms with Crippen molar-refractivity contribution in [3.63, 3.8) is 0 Å². The summed E-state index contributed by atoms with van der Waals surface area (Å²) in [5.41, 5.74) is 1.90. The molecule has 1 aromatic carbocycles. The van der Waals surface area contributed by atoms with Crippen molar-refractivity contribution in [1.29, 1.82) is 0 Å². The number of halogens is 1. The zero-order valence-corrected chi connectivity index (χ0v) is 13.0. The number of amides is 1. The number of carbonyl (C=O) groups excluding carboxylic acids is 1. The van der Waals surface area contributed by atoms with Crippen molar-refractivity contribution in [3.8, 4) is 0 Å². The Labute approximate surface area is 126 Å². The Morgan fingerprint density at radius 3 is 2.70 bits per heavy atom. The molecule has 1 atom stereocenters. The van der Waals surface area contributed by atoms with E-state index in [0.29, 0.717) is 11.1 Å². The second-order valence-electron chi connectivity index (χ2n) is 4.52. The van der Waals surface area contributed by atoms with Crippen LogP contribution in [0.15, 0.2) is 45.5 Å². The lowest BCUT2D eigenvalue weighted by atomic mass is 10.1. The molecular weight excluding hydrogens is 320 g/mol. The van der Waals surface area contributed by atoms with Crippen molar-refractivity contribution in [3.05, 3.63) is 52.4 Å². The second kappa shape index (κ2) is 6.61. The van der Waals surface area contributed by atoms with Crippen molar-refractivity contribution in [2.75, 3.05) is 12.4 Å². The minimum absolute atomic E-state index is 0.00681. The number of rotatable bonds is 5. The smallest absolute Gasteiger partial charge is 0.224 e. The van der Waals surface area contributed by atoms with Crippen LogP contribution in [0.5, 0.6) is 0 Å². The van der Waals surface area contributed by atoms with Gasteiger partial charge in [0.05, 0.1) is 12.5 Å². The summed E-state index contributed by atoms with van der Waals surface area (Å²) in [6.45, 7) is 2.02. The highest BCUT2D eigenvalue weighted by Crippen LogP contribution is 2.25. The van der Waals surface area contributed by atoms with Crippen molar-refractivity contribution < 1.29 is 9.21 Å². The molecule has 0 saturated heterocycles. The zero-order valence-electron chi connectivity index (χ0n) is 11.4. The number of benzene rings is 1. The van der Waals surface area contributed by atoms with Crippen molar-refractivity contribution in [1.82, 2.24) is 5.32 Å². The molecule has 4 nitrogen and oxygen atoms in total. The van der Waals surface area contributed by atoms with Gasteiger partial charge >= 0.3 is 0 Å². The molecule has 0 aliphatic rings. The lowest BCUT2D eigenvalue weighted by Crippen LogP contribution is -2.20. The van der Waals surface area contributed by atoms with Gasteiger partial charge in [-0.3, -0.25) is 4.79 Å². The Hall–Kier alpha value is -1.75. The third kappa shape index (κ3) is 3.63. The van der Waals surface area contributed by atoms with Gasteiger partial charge in [-0.15, -0.1) is 0 Å². The summed E-state index contributed by atoms with van der Waals surface area (Å²) in [7, 11) is 1.64. The predicted molar refractivity (Wildman–Crippen MR) is 82.7 cm³/mol. The van der Waals surface area contributed by atoms with E-state index in [1.807, 2.05) is 43.3 Å². The standard InChI is InChI=1S/C15H17BrN2O2/c1-10(13-7-8-14(16)20-13)18-12-6-4-3-5-11(12)9-15(19)17-2/h3-8,10,18H,9H2,1-2H3,(H,17,19). The quantitative estimate of drug-likeness (QED) is 0.878. The molecule has 0 aliphatic heterocycles. The lowest BCUT2D eigenvalue weighted by molar-refractivity contribution is -0.119. The highest BCUT2D eigenvalue weighted by atomic mass is 79.9. The average Bonchev–Trinajstić information content (AvgIpc) is 2.87. The van der Waals surface area contributed by atoms with Crippen LogP contribution in [-0.2, 0) is 11.2 Å². The number of anilines is 1. The molecule has 1 unspecified atom stereocenters. The topological polar surface area (TPSA) is 54.3 Å². The zero-order chi connectivity index (χ0) is 14.5. The number of likely N-dealkylation sites (N-methyl/N-ethyl adjacent to an activating group) is 1. The molecule has 2 N–H and O–H groups in total. The first kappa shape index (κ1) is 14.7. The van der Waals surface area contributed by atoms with Crippen LogP contribution in [0.3, 0.4) is 0 Å². The predicted octanol–water partition coefficient (Wildman–Crippen LogP) is 3.50. The van der Waals surface area contributed by atoms with Crippen LogP contribution < -0.4 is 10.6 Å². The Morgan fingerprint density at radius 2 is 2.05 bits per heavy atom. The van der Waals surface area contributed by atoms with E-state index in [1.54, 1.807) is 7.05 Å². The minimum Gasteiger partial charge on any atom is -0.452 e. The van der Waals surface area contributed by atoms with Gasteiger partial charge in [-0.05, 0) is 46.6 Å². The van der Waals surface area contributed by atoms with E-state index in [9.17, 15) is 4.79 Å². The SMILES string of the molecule is CNC(=O)Cc1ccccc1NC(C)c1ccc(Br)o1. The molecular formula is C15H17BrN2O2. The molecule has 2 rings (SSSR count). The van der Waals surface area contributed by atoms with Crippen LogP contribution in [0.1, 0.15) is 24.3 Å². The molecule has 0 aliphatic carbocycles. The van der Waals surface area contributed by atoms with Gasteiger partial charge in [-0.2, -0.15) is 0 Å². The molecule has 5 heteroatoms. The van der Waals surface area contributed by atoms with Gasteiger partial charge < -0.3 is 15.1 Å². The Morgan fingerprint density at radius 1 is 1.30 bits per heavy atom. The minimum atomic E-state index is -0.00681. The normalized spacial score (nSPS) is 11.9. The van der Waals surface area contributed by atoms with Crippen molar-refractivity contribution >= 4 is 27.5 Å². The average molecular weight is 337 g/mol. The molecule has 1 amide bonds. The Bertz CT molecular complexity index is 595. The number of nitrogens with one attached hydrogen (secondary N) is 2. The van der Waals surface area contributed by atoms with Crippen LogP contribution in [-0.4, -0.2) is 13.0 Å². The fourth-order valence-corrected chi connectivity index (χ4v) is 2.26. The molecule has 20 heavy (non-hydrogen) atoms. The van der Waals surface area contributed by atoms with E-state index in [4.69, 9.17) is 4.42 Å².